The summed E-state index contributed by atoms with van der Waals surface area (Å²) >= 11 is 15.8. The largest absolute Gasteiger partial charge is 0.458 e. The Labute approximate surface area is 125 Å². The Bertz CT molecular complexity index is 568. The van der Waals surface area contributed by atoms with E-state index in [9.17, 15) is 0 Å². The van der Waals surface area contributed by atoms with E-state index in [1.807, 2.05) is 6.07 Å². The van der Waals surface area contributed by atoms with Crippen molar-refractivity contribution in [1.82, 2.24) is 5.32 Å². The molecule has 0 bridgehead atoms. The van der Waals surface area contributed by atoms with Crippen LogP contribution in [0.25, 0.3) is 11.0 Å². The second kappa shape index (κ2) is 5.83. The number of furan rings is 1. The predicted molar refractivity (Wildman–Crippen MR) is 80.6 cm³/mol. The fourth-order valence-electron chi connectivity index (χ4n) is 1.98. The molecule has 0 saturated heterocycles. The van der Waals surface area contributed by atoms with Crippen molar-refractivity contribution in [3.05, 3.63) is 32.4 Å². The lowest BCUT2D eigenvalue weighted by Gasteiger charge is -2.11. The lowest BCUT2D eigenvalue weighted by Crippen LogP contribution is -2.19. The fourth-order valence-corrected chi connectivity index (χ4v) is 3.00. The molecule has 1 atom stereocenters. The molecule has 1 aromatic heterocycles. The number of halogens is 3. The Morgan fingerprint density at radius 3 is 2.67 bits per heavy atom. The van der Waals surface area contributed by atoms with Crippen molar-refractivity contribution in [2.75, 3.05) is 6.54 Å². The first-order valence-electron chi connectivity index (χ1n) is 5.88. The molecule has 0 saturated carbocycles. The van der Waals surface area contributed by atoms with Gasteiger partial charge in [-0.1, -0.05) is 37.0 Å². The third kappa shape index (κ3) is 2.55. The average molecular weight is 351 g/mol. The number of hydrogen-bond acceptors (Lipinski definition) is 2. The van der Waals surface area contributed by atoms with Gasteiger partial charge >= 0.3 is 0 Å². The second-order valence-electron chi connectivity index (χ2n) is 4.06. The fraction of sp³-hybridized carbons (Fsp3) is 0.385. The molecule has 1 heterocycles. The summed E-state index contributed by atoms with van der Waals surface area (Å²) in [5.41, 5.74) is 0.649. The summed E-state index contributed by atoms with van der Waals surface area (Å²) in [6.07, 6.45) is 0.948. The lowest BCUT2D eigenvalue weighted by molar-refractivity contribution is 0.428. The highest BCUT2D eigenvalue weighted by Crippen LogP contribution is 2.39. The van der Waals surface area contributed by atoms with Crippen molar-refractivity contribution >= 4 is 50.1 Å². The minimum absolute atomic E-state index is 0.188. The van der Waals surface area contributed by atoms with Crippen molar-refractivity contribution < 1.29 is 4.42 Å². The van der Waals surface area contributed by atoms with Crippen LogP contribution in [0.4, 0.5) is 0 Å². The third-order valence-corrected chi connectivity index (χ3v) is 4.41. The van der Waals surface area contributed by atoms with Crippen molar-refractivity contribution in [3.8, 4) is 0 Å². The molecule has 0 aliphatic heterocycles. The molecule has 18 heavy (non-hydrogen) atoms. The standard InChI is InChI=1S/C13H14BrCl2NO/c1-3-10(17-4-2)11-5-7-12(16)8(14)6-9(15)13(7)18-11/h5-6,10,17H,3-4H2,1-2H3. The van der Waals surface area contributed by atoms with Gasteiger partial charge in [0.15, 0.2) is 5.58 Å². The summed E-state index contributed by atoms with van der Waals surface area (Å²) in [4.78, 5) is 0. The minimum Gasteiger partial charge on any atom is -0.458 e. The zero-order valence-corrected chi connectivity index (χ0v) is 13.3. The molecule has 5 heteroatoms. The van der Waals surface area contributed by atoms with Crippen LogP contribution in [0, 0.1) is 0 Å². The number of benzene rings is 1. The SMILES string of the molecule is CCNC(CC)c1cc2c(Cl)c(Br)cc(Cl)c2o1. The Morgan fingerprint density at radius 2 is 2.06 bits per heavy atom. The van der Waals surface area contributed by atoms with Gasteiger partial charge in [0.2, 0.25) is 0 Å². The van der Waals surface area contributed by atoms with Gasteiger partial charge < -0.3 is 9.73 Å². The van der Waals surface area contributed by atoms with Crippen molar-refractivity contribution in [1.29, 1.82) is 0 Å². The van der Waals surface area contributed by atoms with E-state index >= 15 is 0 Å². The number of rotatable bonds is 4. The maximum absolute atomic E-state index is 6.25. The van der Waals surface area contributed by atoms with Gasteiger partial charge in [-0.25, -0.2) is 0 Å². The summed E-state index contributed by atoms with van der Waals surface area (Å²) in [5.74, 6) is 0.872. The van der Waals surface area contributed by atoms with Gasteiger partial charge in [-0.15, -0.1) is 0 Å². The second-order valence-corrected chi connectivity index (χ2v) is 5.70. The first-order chi connectivity index (χ1) is 8.58. The van der Waals surface area contributed by atoms with Crippen molar-refractivity contribution in [2.45, 2.75) is 26.3 Å². The van der Waals surface area contributed by atoms with Gasteiger partial charge in [0.05, 0.1) is 16.1 Å². The molecule has 0 spiro atoms. The summed E-state index contributed by atoms with van der Waals surface area (Å²) in [5, 5.41) is 5.42. The molecule has 0 radical (unpaired) electrons. The molecule has 0 amide bonds. The van der Waals surface area contributed by atoms with E-state index in [0.717, 1.165) is 28.6 Å². The molecule has 1 aromatic carbocycles. The molecule has 1 unspecified atom stereocenters. The van der Waals surface area contributed by atoms with Gasteiger partial charge in [-0.2, -0.15) is 0 Å². The molecular formula is C13H14BrCl2NO. The quantitative estimate of drug-likeness (QED) is 0.730. The Kier molecular flexibility index (Phi) is 4.59. The minimum atomic E-state index is 0.188. The Hall–Kier alpha value is -0.220. The highest BCUT2D eigenvalue weighted by molar-refractivity contribution is 9.10. The highest BCUT2D eigenvalue weighted by atomic mass is 79.9. The zero-order valence-electron chi connectivity index (χ0n) is 10.2. The monoisotopic (exact) mass is 349 g/mol. The predicted octanol–water partition coefficient (Wildman–Crippen LogP) is 5.56. The number of fused-ring (bicyclic) bond motifs is 1. The summed E-state index contributed by atoms with van der Waals surface area (Å²) < 4.78 is 6.62. The molecule has 0 aliphatic carbocycles. The molecule has 2 nitrogen and oxygen atoms in total. The molecule has 98 valence electrons. The van der Waals surface area contributed by atoms with Crippen LogP contribution in [0.3, 0.4) is 0 Å². The van der Waals surface area contributed by atoms with Crippen molar-refractivity contribution in [2.24, 2.45) is 0 Å². The normalized spacial score (nSPS) is 13.2. The Balaban J connectivity index is 2.56. The van der Waals surface area contributed by atoms with E-state index in [2.05, 4.69) is 35.1 Å². The topological polar surface area (TPSA) is 25.2 Å². The molecular weight excluding hydrogens is 337 g/mol. The maximum Gasteiger partial charge on any atom is 0.154 e. The first kappa shape index (κ1) is 14.2. The maximum atomic E-state index is 6.25. The summed E-state index contributed by atoms with van der Waals surface area (Å²) in [6, 6.07) is 3.91. The molecule has 0 aliphatic rings. The van der Waals surface area contributed by atoms with Crippen LogP contribution in [0.1, 0.15) is 32.1 Å². The third-order valence-electron chi connectivity index (χ3n) is 2.87. The van der Waals surface area contributed by atoms with Gasteiger partial charge in [-0.3, -0.25) is 0 Å². The summed E-state index contributed by atoms with van der Waals surface area (Å²) in [7, 11) is 0. The molecule has 0 fully saturated rings. The van der Waals surface area contributed by atoms with Crippen LogP contribution in [0.5, 0.6) is 0 Å². The number of hydrogen-bond donors (Lipinski definition) is 1. The van der Waals surface area contributed by atoms with E-state index < -0.39 is 0 Å². The van der Waals surface area contributed by atoms with Crippen LogP contribution in [0.2, 0.25) is 10.0 Å². The van der Waals surface area contributed by atoms with E-state index in [1.54, 1.807) is 6.07 Å². The van der Waals surface area contributed by atoms with Crippen molar-refractivity contribution in [3.63, 3.8) is 0 Å². The molecule has 2 rings (SSSR count). The van der Waals surface area contributed by atoms with Gasteiger partial charge in [-0.05, 0) is 41.0 Å². The average Bonchev–Trinajstić information content (AvgIpc) is 2.78. The van der Waals surface area contributed by atoms with Gasteiger partial charge in [0.25, 0.3) is 0 Å². The van der Waals surface area contributed by atoms with E-state index in [-0.39, 0.29) is 6.04 Å². The van der Waals surface area contributed by atoms with Crippen LogP contribution >= 0.6 is 39.1 Å². The van der Waals surface area contributed by atoms with E-state index in [1.165, 1.54) is 0 Å². The highest BCUT2D eigenvalue weighted by Gasteiger charge is 2.18. The summed E-state index contributed by atoms with van der Waals surface area (Å²) in [6.45, 7) is 5.07. The number of nitrogens with one attached hydrogen (secondary N) is 1. The molecule has 1 N–H and O–H groups in total. The molecule has 2 aromatic rings. The van der Waals surface area contributed by atoms with Crippen LogP contribution in [-0.4, -0.2) is 6.54 Å². The van der Waals surface area contributed by atoms with Gasteiger partial charge in [0, 0.05) is 9.86 Å². The van der Waals surface area contributed by atoms with Gasteiger partial charge in [0.1, 0.15) is 5.76 Å². The van der Waals surface area contributed by atoms with Crippen LogP contribution < -0.4 is 5.32 Å². The lowest BCUT2D eigenvalue weighted by atomic mass is 10.1. The van der Waals surface area contributed by atoms with Crippen LogP contribution in [-0.2, 0) is 0 Å². The zero-order chi connectivity index (χ0) is 13.3. The smallest absolute Gasteiger partial charge is 0.154 e. The first-order valence-corrected chi connectivity index (χ1v) is 7.43. The van der Waals surface area contributed by atoms with E-state index in [4.69, 9.17) is 27.6 Å². The Morgan fingerprint density at radius 1 is 1.33 bits per heavy atom. The van der Waals surface area contributed by atoms with E-state index in [0.29, 0.717) is 15.6 Å². The van der Waals surface area contributed by atoms with Crippen LogP contribution in [0.15, 0.2) is 21.0 Å².